The van der Waals surface area contributed by atoms with Gasteiger partial charge in [-0.15, -0.1) is 15.0 Å². The average molecular weight is 805 g/mol. The van der Waals surface area contributed by atoms with E-state index in [9.17, 15) is 4.79 Å². The predicted octanol–water partition coefficient (Wildman–Crippen LogP) is 11.3. The average Bonchev–Trinajstić information content (AvgIpc) is 3.61. The van der Waals surface area contributed by atoms with Crippen LogP contribution in [0, 0.1) is 0 Å². The Morgan fingerprint density at radius 1 is 0.683 bits per heavy atom. The number of anilines is 1. The number of nitrogens with zero attached hydrogens (tertiary/aromatic N) is 5. The summed E-state index contributed by atoms with van der Waals surface area (Å²) in [6, 6.07) is 26.4. The first-order valence-electron chi connectivity index (χ1n) is 21.3. The number of hydrogen-bond donors (Lipinski definition) is 0. The van der Waals surface area contributed by atoms with Crippen LogP contribution in [0.1, 0.15) is 90.7 Å². The number of methoxy groups -OCH3 is 2. The quantitative estimate of drug-likeness (QED) is 0.0397. The molecular weight excluding hydrogens is 747 g/mol. The maximum absolute atomic E-state index is 12.7. The summed E-state index contributed by atoms with van der Waals surface area (Å²) in [5, 5.41) is 5.16. The third kappa shape index (κ3) is 8.62. The van der Waals surface area contributed by atoms with Crippen molar-refractivity contribution in [3.63, 3.8) is 0 Å². The number of allylic oxidation sites excluding steroid dienone is 8. The molecule has 0 amide bonds. The summed E-state index contributed by atoms with van der Waals surface area (Å²) in [6.07, 6.45) is 21.6. The first-order valence-corrected chi connectivity index (χ1v) is 21.3. The molecule has 2 aliphatic heterocycles. The standard InChI is InChI=1S/C51H58N5O4/c1-8-9-21-34-55-40-32-30-36-23-17-19-25-38(36)45(40)50(2,3)42(55)27-14-11-10-12-15-28-43-51(4,5)46-39-26-20-18-24-37(39)31-33-41(46)56(43)35-22-13-16-29-44(57)60-49-53-47(58-6)52-48(54-49)59-7/h10-12,14-15,17-20,23-28,30-33H,8-9,13,16,21-22,29,34-35H2,1-7H3/q+1. The lowest BCUT2D eigenvalue weighted by Gasteiger charge is -2.27. The Hall–Kier alpha value is -6.09. The molecule has 0 saturated carbocycles. The van der Waals surface area contributed by atoms with Crippen molar-refractivity contribution in [3.8, 4) is 18.0 Å². The van der Waals surface area contributed by atoms with Crippen LogP contribution in [0.3, 0.4) is 0 Å². The van der Waals surface area contributed by atoms with Gasteiger partial charge in [-0.1, -0.05) is 119 Å². The molecule has 0 unspecified atom stereocenters. The van der Waals surface area contributed by atoms with Gasteiger partial charge in [0.15, 0.2) is 5.71 Å². The number of unbranched alkanes of at least 4 members (excludes halogenated alkanes) is 4. The van der Waals surface area contributed by atoms with Gasteiger partial charge in [0.1, 0.15) is 6.54 Å². The van der Waals surface area contributed by atoms with Crippen LogP contribution in [0.4, 0.5) is 11.4 Å². The molecule has 9 nitrogen and oxygen atoms in total. The van der Waals surface area contributed by atoms with Crippen LogP contribution in [0.2, 0.25) is 0 Å². The fraction of sp³-hybridized carbons (Fsp3) is 0.353. The monoisotopic (exact) mass is 804 g/mol. The molecule has 0 spiro atoms. The predicted molar refractivity (Wildman–Crippen MR) is 243 cm³/mol. The van der Waals surface area contributed by atoms with Crippen molar-refractivity contribution in [2.75, 3.05) is 32.2 Å². The summed E-state index contributed by atoms with van der Waals surface area (Å²) in [5.74, 6) is -0.411. The summed E-state index contributed by atoms with van der Waals surface area (Å²) in [4.78, 5) is 27.2. The molecule has 1 aromatic heterocycles. The summed E-state index contributed by atoms with van der Waals surface area (Å²) in [6.45, 7) is 13.5. The van der Waals surface area contributed by atoms with Gasteiger partial charge in [-0.25, -0.2) is 0 Å². The van der Waals surface area contributed by atoms with E-state index in [2.05, 4.69) is 174 Å². The second-order valence-electron chi connectivity index (χ2n) is 16.6. The van der Waals surface area contributed by atoms with E-state index in [1.54, 1.807) is 0 Å². The van der Waals surface area contributed by atoms with E-state index in [4.69, 9.17) is 14.2 Å². The second kappa shape index (κ2) is 18.4. The molecule has 9 heteroatoms. The highest BCUT2D eigenvalue weighted by Crippen LogP contribution is 2.51. The molecule has 5 aromatic rings. The van der Waals surface area contributed by atoms with E-state index in [0.717, 1.165) is 25.9 Å². The molecule has 0 N–H and O–H groups in total. The number of carbonyl (C=O) groups excluding carboxylic acids is 1. The Kier molecular flexibility index (Phi) is 12.9. The van der Waals surface area contributed by atoms with Crippen LogP contribution in [0.15, 0.2) is 121 Å². The van der Waals surface area contributed by atoms with Gasteiger partial charge in [0, 0.05) is 53.9 Å². The first kappa shape index (κ1) is 42.0. The van der Waals surface area contributed by atoms with Crippen LogP contribution in [-0.4, -0.2) is 58.5 Å². The summed E-state index contributed by atoms with van der Waals surface area (Å²) in [7, 11) is 2.85. The van der Waals surface area contributed by atoms with Crippen LogP contribution < -0.4 is 19.1 Å². The normalized spacial score (nSPS) is 16.2. The molecule has 0 bridgehead atoms. The molecule has 4 aromatic carbocycles. The largest absolute Gasteiger partial charge is 0.467 e. The highest BCUT2D eigenvalue weighted by atomic mass is 16.6. The van der Waals surface area contributed by atoms with Gasteiger partial charge in [-0.3, -0.25) is 4.79 Å². The number of esters is 1. The third-order valence-electron chi connectivity index (χ3n) is 11.9. The molecule has 0 atom stereocenters. The van der Waals surface area contributed by atoms with E-state index in [1.165, 1.54) is 88.9 Å². The third-order valence-corrected chi connectivity index (χ3v) is 11.9. The van der Waals surface area contributed by atoms with Crippen LogP contribution in [-0.2, 0) is 15.6 Å². The zero-order valence-corrected chi connectivity index (χ0v) is 36.2. The van der Waals surface area contributed by atoms with E-state index < -0.39 is 5.97 Å². The Morgan fingerprint density at radius 2 is 1.32 bits per heavy atom. The lowest BCUT2D eigenvalue weighted by Crippen LogP contribution is -2.28. The van der Waals surface area contributed by atoms with Crippen LogP contribution in [0.25, 0.3) is 21.5 Å². The topological polar surface area (TPSA) is 89.7 Å². The van der Waals surface area contributed by atoms with Gasteiger partial charge >= 0.3 is 24.0 Å². The fourth-order valence-corrected chi connectivity index (χ4v) is 8.98. The molecule has 0 saturated heterocycles. The summed E-state index contributed by atoms with van der Waals surface area (Å²) >= 11 is 0. The van der Waals surface area contributed by atoms with Crippen LogP contribution in [0.5, 0.6) is 18.0 Å². The molecule has 3 heterocycles. The Balaban J connectivity index is 1.06. The molecule has 2 aliphatic rings. The lowest BCUT2D eigenvalue weighted by molar-refractivity contribution is -0.438. The minimum atomic E-state index is -0.411. The highest BCUT2D eigenvalue weighted by molar-refractivity contribution is 6.07. The summed E-state index contributed by atoms with van der Waals surface area (Å²) in [5.41, 5.74) is 7.60. The number of hydrogen-bond acceptors (Lipinski definition) is 8. The molecule has 7 rings (SSSR count). The number of benzene rings is 4. The van der Waals surface area contributed by atoms with Gasteiger partial charge in [-0.05, 0) is 78.4 Å². The molecular formula is C51H58N5O4+. The SMILES string of the molecule is CCCCCN1/C(=C/C=C/C=C/C=C/C2=[N+](CCCCCC(=O)Oc3nc(OC)nc(OC)n3)c3ccc4ccccc4c3C2(C)C)C(C)(C)c2c1ccc1ccccc21. The number of ether oxygens (including phenoxy) is 3. The van der Waals surface area contributed by atoms with Gasteiger partial charge in [0.05, 0.1) is 19.6 Å². The van der Waals surface area contributed by atoms with Crippen molar-refractivity contribution >= 4 is 44.6 Å². The van der Waals surface area contributed by atoms with E-state index in [-0.39, 0.29) is 35.3 Å². The lowest BCUT2D eigenvalue weighted by atomic mass is 9.79. The highest BCUT2D eigenvalue weighted by Gasteiger charge is 2.45. The molecule has 310 valence electrons. The zero-order valence-electron chi connectivity index (χ0n) is 36.2. The Bertz CT molecular complexity index is 2510. The van der Waals surface area contributed by atoms with E-state index in [1.807, 2.05) is 0 Å². The minimum absolute atomic E-state index is 0.0190. The van der Waals surface area contributed by atoms with Crippen molar-refractivity contribution in [1.29, 1.82) is 0 Å². The minimum Gasteiger partial charge on any atom is -0.467 e. The van der Waals surface area contributed by atoms with Gasteiger partial charge in [-0.2, -0.15) is 4.58 Å². The van der Waals surface area contributed by atoms with Crippen molar-refractivity contribution in [2.24, 2.45) is 0 Å². The second-order valence-corrected chi connectivity index (χ2v) is 16.6. The van der Waals surface area contributed by atoms with Crippen molar-refractivity contribution in [2.45, 2.75) is 90.4 Å². The van der Waals surface area contributed by atoms with Crippen molar-refractivity contribution < 1.29 is 23.6 Å². The Labute approximate surface area is 354 Å². The molecule has 0 radical (unpaired) electrons. The first-order chi connectivity index (χ1) is 29.1. The zero-order chi connectivity index (χ0) is 42.3. The molecule has 0 fully saturated rings. The van der Waals surface area contributed by atoms with E-state index >= 15 is 0 Å². The maximum atomic E-state index is 12.7. The molecule has 60 heavy (non-hydrogen) atoms. The Morgan fingerprint density at radius 3 is 2.02 bits per heavy atom. The smallest absolute Gasteiger partial charge is 0.333 e. The number of carbonyl (C=O) groups is 1. The van der Waals surface area contributed by atoms with Crippen molar-refractivity contribution in [1.82, 2.24) is 15.0 Å². The van der Waals surface area contributed by atoms with Gasteiger partial charge in [0.25, 0.3) is 0 Å². The number of rotatable bonds is 17. The van der Waals surface area contributed by atoms with Crippen molar-refractivity contribution in [3.05, 3.63) is 132 Å². The van der Waals surface area contributed by atoms with Gasteiger partial charge in [0.2, 0.25) is 5.69 Å². The molecule has 0 aliphatic carbocycles. The van der Waals surface area contributed by atoms with Gasteiger partial charge < -0.3 is 19.1 Å². The fourth-order valence-electron chi connectivity index (χ4n) is 8.98. The number of aromatic nitrogens is 3. The summed E-state index contributed by atoms with van der Waals surface area (Å²) < 4.78 is 18.0. The van der Waals surface area contributed by atoms with Crippen LogP contribution >= 0.6 is 0 Å². The maximum Gasteiger partial charge on any atom is 0.333 e. The number of fused-ring (bicyclic) bond motifs is 6. The van der Waals surface area contributed by atoms with E-state index in [0.29, 0.717) is 6.42 Å².